The zero-order valence-corrected chi connectivity index (χ0v) is 11.9. The first-order valence-electron chi connectivity index (χ1n) is 6.42. The highest BCUT2D eigenvalue weighted by Gasteiger charge is 2.08. The van der Waals surface area contributed by atoms with Crippen molar-refractivity contribution in [3.8, 4) is 0 Å². The molecule has 2 N–H and O–H groups in total. The summed E-state index contributed by atoms with van der Waals surface area (Å²) in [5, 5.41) is 6.71. The summed E-state index contributed by atoms with van der Waals surface area (Å²) in [7, 11) is 0. The fraction of sp³-hybridized carbons (Fsp3) is 0.375. The summed E-state index contributed by atoms with van der Waals surface area (Å²) in [6.07, 6.45) is 0. The van der Waals surface area contributed by atoms with Crippen LogP contribution in [0, 0.1) is 5.92 Å². The maximum atomic E-state index is 4.10. The van der Waals surface area contributed by atoms with Crippen LogP contribution in [-0.2, 0) is 0 Å². The van der Waals surface area contributed by atoms with E-state index in [1.165, 1.54) is 0 Å². The van der Waals surface area contributed by atoms with Gasteiger partial charge >= 0.3 is 0 Å². The summed E-state index contributed by atoms with van der Waals surface area (Å²) in [6.45, 7) is 16.6. The highest BCUT2D eigenvalue weighted by atomic mass is 14.9. The molecule has 0 amide bonds. The molecule has 0 radical (unpaired) electrons. The van der Waals surface area contributed by atoms with Gasteiger partial charge in [0.25, 0.3) is 0 Å². The Morgan fingerprint density at radius 1 is 1.06 bits per heavy atom. The number of hydrogen-bond acceptors (Lipinski definition) is 2. The number of allylic oxidation sites excluding steroid dienone is 1. The van der Waals surface area contributed by atoms with Gasteiger partial charge in [-0.25, -0.2) is 0 Å². The largest absolute Gasteiger partial charge is 0.383 e. The van der Waals surface area contributed by atoms with E-state index in [-0.39, 0.29) is 0 Å². The van der Waals surface area contributed by atoms with Crippen LogP contribution in [0.5, 0.6) is 0 Å². The summed E-state index contributed by atoms with van der Waals surface area (Å²) in [6, 6.07) is 8.52. The summed E-state index contributed by atoms with van der Waals surface area (Å²) in [4.78, 5) is 0. The molecule has 0 aliphatic carbocycles. The Balaban J connectivity index is 2.92. The van der Waals surface area contributed by atoms with Crippen molar-refractivity contribution in [3.63, 3.8) is 0 Å². The average molecular weight is 244 g/mol. The van der Waals surface area contributed by atoms with E-state index in [2.05, 4.69) is 63.6 Å². The third kappa shape index (κ3) is 3.95. The Hall–Kier alpha value is -1.70. The lowest BCUT2D eigenvalue weighted by atomic mass is 10.1. The Morgan fingerprint density at radius 3 is 2.22 bits per heavy atom. The van der Waals surface area contributed by atoms with Crippen molar-refractivity contribution in [2.75, 3.05) is 5.32 Å². The number of para-hydroxylation sites is 1. The minimum absolute atomic E-state index is 0.374. The lowest BCUT2D eigenvalue weighted by molar-refractivity contribution is 0.718. The second-order valence-electron chi connectivity index (χ2n) is 5.13. The first-order valence-corrected chi connectivity index (χ1v) is 6.42. The molecule has 1 aromatic carbocycles. The Kier molecular flexibility index (Phi) is 5.02. The standard InChI is InChI=1S/C16H24N2/c1-11(2)13(5)18-16-10-8-7-9-15(16)14(6)17-12(3)4/h7-12,17-18H,5-6H2,1-4H3. The van der Waals surface area contributed by atoms with Crippen molar-refractivity contribution in [2.24, 2.45) is 5.92 Å². The van der Waals surface area contributed by atoms with E-state index in [9.17, 15) is 0 Å². The molecule has 0 aliphatic heterocycles. The number of rotatable bonds is 6. The number of anilines is 1. The zero-order valence-electron chi connectivity index (χ0n) is 11.9. The molecule has 0 fully saturated rings. The predicted molar refractivity (Wildman–Crippen MR) is 81.3 cm³/mol. The molecule has 2 heteroatoms. The lowest BCUT2D eigenvalue weighted by Gasteiger charge is -2.19. The molecule has 0 atom stereocenters. The number of hydrogen-bond donors (Lipinski definition) is 2. The molecule has 18 heavy (non-hydrogen) atoms. The van der Waals surface area contributed by atoms with Gasteiger partial charge in [-0.2, -0.15) is 0 Å². The first kappa shape index (κ1) is 14.4. The molecule has 0 saturated heterocycles. The summed E-state index contributed by atoms with van der Waals surface area (Å²) < 4.78 is 0. The van der Waals surface area contributed by atoms with Crippen LogP contribution in [0.4, 0.5) is 5.69 Å². The quantitative estimate of drug-likeness (QED) is 0.782. The van der Waals surface area contributed by atoms with E-state index in [0.29, 0.717) is 12.0 Å². The van der Waals surface area contributed by atoms with Crippen LogP contribution in [0.2, 0.25) is 0 Å². The minimum atomic E-state index is 0.374. The fourth-order valence-electron chi connectivity index (χ4n) is 1.60. The Morgan fingerprint density at radius 2 is 1.67 bits per heavy atom. The van der Waals surface area contributed by atoms with E-state index >= 15 is 0 Å². The van der Waals surface area contributed by atoms with Gasteiger partial charge in [-0.3, -0.25) is 0 Å². The van der Waals surface area contributed by atoms with Crippen molar-refractivity contribution in [1.82, 2.24) is 5.32 Å². The molecule has 0 unspecified atom stereocenters. The molecular weight excluding hydrogens is 220 g/mol. The number of benzene rings is 1. The molecule has 0 aliphatic rings. The SMILES string of the molecule is C=C(NC(C)C)c1ccccc1NC(=C)C(C)C. The molecule has 1 rings (SSSR count). The zero-order chi connectivity index (χ0) is 13.7. The van der Waals surface area contributed by atoms with Crippen LogP contribution in [0.15, 0.2) is 43.1 Å². The molecule has 1 aromatic rings. The van der Waals surface area contributed by atoms with Gasteiger partial charge in [0, 0.05) is 28.7 Å². The van der Waals surface area contributed by atoms with Gasteiger partial charge in [0.05, 0.1) is 0 Å². The summed E-state index contributed by atoms with van der Waals surface area (Å²) in [5.74, 6) is 0.407. The Bertz CT molecular complexity index is 430. The van der Waals surface area contributed by atoms with Crippen molar-refractivity contribution >= 4 is 11.4 Å². The van der Waals surface area contributed by atoms with Gasteiger partial charge in [-0.15, -0.1) is 0 Å². The van der Waals surface area contributed by atoms with Crippen LogP contribution in [0.1, 0.15) is 33.3 Å². The van der Waals surface area contributed by atoms with Crippen molar-refractivity contribution in [1.29, 1.82) is 0 Å². The second kappa shape index (κ2) is 6.29. The van der Waals surface area contributed by atoms with E-state index in [1.807, 2.05) is 12.1 Å². The molecule has 2 nitrogen and oxygen atoms in total. The van der Waals surface area contributed by atoms with E-state index in [4.69, 9.17) is 0 Å². The average Bonchev–Trinajstić information content (AvgIpc) is 2.28. The molecule has 0 saturated carbocycles. The van der Waals surface area contributed by atoms with Crippen LogP contribution in [0.25, 0.3) is 5.70 Å². The van der Waals surface area contributed by atoms with Gasteiger partial charge in [-0.1, -0.05) is 45.2 Å². The summed E-state index contributed by atoms with van der Waals surface area (Å²) >= 11 is 0. The highest BCUT2D eigenvalue weighted by Crippen LogP contribution is 2.23. The highest BCUT2D eigenvalue weighted by molar-refractivity contribution is 5.75. The van der Waals surface area contributed by atoms with E-state index in [0.717, 1.165) is 22.6 Å². The minimum Gasteiger partial charge on any atom is -0.383 e. The third-order valence-corrected chi connectivity index (χ3v) is 2.71. The smallest absolute Gasteiger partial charge is 0.0476 e. The second-order valence-corrected chi connectivity index (χ2v) is 5.13. The molecule has 0 aromatic heterocycles. The van der Waals surface area contributed by atoms with Crippen LogP contribution < -0.4 is 10.6 Å². The van der Waals surface area contributed by atoms with Gasteiger partial charge < -0.3 is 10.6 Å². The monoisotopic (exact) mass is 244 g/mol. The van der Waals surface area contributed by atoms with Gasteiger partial charge in [0.1, 0.15) is 0 Å². The first-order chi connectivity index (χ1) is 8.41. The van der Waals surface area contributed by atoms with Crippen LogP contribution in [0.3, 0.4) is 0 Å². The van der Waals surface area contributed by atoms with E-state index < -0.39 is 0 Å². The lowest BCUT2D eigenvalue weighted by Crippen LogP contribution is -2.21. The molecule has 0 spiro atoms. The van der Waals surface area contributed by atoms with Gasteiger partial charge in [-0.05, 0) is 25.8 Å². The van der Waals surface area contributed by atoms with Crippen LogP contribution in [-0.4, -0.2) is 6.04 Å². The maximum absolute atomic E-state index is 4.10. The molecule has 0 heterocycles. The Labute approximate surface area is 111 Å². The van der Waals surface area contributed by atoms with Gasteiger partial charge in [0.2, 0.25) is 0 Å². The fourth-order valence-corrected chi connectivity index (χ4v) is 1.60. The summed E-state index contributed by atoms with van der Waals surface area (Å²) in [5.41, 5.74) is 4.09. The molecule has 0 bridgehead atoms. The maximum Gasteiger partial charge on any atom is 0.0476 e. The normalized spacial score (nSPS) is 10.6. The number of nitrogens with one attached hydrogen (secondary N) is 2. The van der Waals surface area contributed by atoms with Crippen molar-refractivity contribution < 1.29 is 0 Å². The van der Waals surface area contributed by atoms with Crippen molar-refractivity contribution in [2.45, 2.75) is 33.7 Å². The molecular formula is C16H24N2. The van der Waals surface area contributed by atoms with Crippen LogP contribution >= 0.6 is 0 Å². The van der Waals surface area contributed by atoms with E-state index in [1.54, 1.807) is 0 Å². The van der Waals surface area contributed by atoms with Crippen molar-refractivity contribution in [3.05, 3.63) is 48.7 Å². The third-order valence-electron chi connectivity index (χ3n) is 2.71. The predicted octanol–water partition coefficient (Wildman–Crippen LogP) is 4.24. The topological polar surface area (TPSA) is 24.1 Å². The van der Waals surface area contributed by atoms with Gasteiger partial charge in [0.15, 0.2) is 0 Å². The molecule has 98 valence electrons.